The number of halogens is 3. The Hall–Kier alpha value is -1.37. The van der Waals surface area contributed by atoms with Crippen molar-refractivity contribution in [3.05, 3.63) is 24.3 Å². The van der Waals surface area contributed by atoms with E-state index in [4.69, 9.17) is 0 Å². The number of nitrogens with zero attached hydrogens (tertiary/aromatic N) is 1. The number of nitrogens with one attached hydrogen (secondary N) is 1. The molecule has 3 nitrogen and oxygen atoms in total. The van der Waals surface area contributed by atoms with Crippen molar-refractivity contribution in [2.24, 2.45) is 5.41 Å². The number of carbonyl (C=O) groups is 1. The molecule has 1 saturated carbocycles. The number of para-hydroxylation sites is 1. The average molecular weight is 358 g/mol. The van der Waals surface area contributed by atoms with Crippen LogP contribution in [0.1, 0.15) is 33.6 Å². The molecule has 1 unspecified atom stereocenters. The highest BCUT2D eigenvalue weighted by atomic mass is 32.2. The first-order valence-corrected chi connectivity index (χ1v) is 8.91. The fourth-order valence-corrected chi connectivity index (χ4v) is 4.33. The molecule has 7 heteroatoms. The van der Waals surface area contributed by atoms with Crippen molar-refractivity contribution in [1.82, 2.24) is 5.32 Å². The first kappa shape index (κ1) is 17.5. The van der Waals surface area contributed by atoms with Crippen LogP contribution in [0.15, 0.2) is 29.2 Å². The SMILES string of the molecule is CC(C)(C)NC(=O)C1(C(N2CSc3ccccc32)C(F)(F)F)CC1. The lowest BCUT2D eigenvalue weighted by Crippen LogP contribution is -2.57. The summed E-state index contributed by atoms with van der Waals surface area (Å²) in [6.07, 6.45) is -3.94. The van der Waals surface area contributed by atoms with Crippen LogP contribution in [0.4, 0.5) is 18.9 Å². The lowest BCUT2D eigenvalue weighted by Gasteiger charge is -2.38. The maximum atomic E-state index is 14.0. The monoisotopic (exact) mass is 358 g/mol. The van der Waals surface area contributed by atoms with Gasteiger partial charge in [0, 0.05) is 10.4 Å². The number of benzene rings is 1. The summed E-state index contributed by atoms with van der Waals surface area (Å²) in [5, 5.41) is 2.75. The Morgan fingerprint density at radius 3 is 2.42 bits per heavy atom. The lowest BCUT2D eigenvalue weighted by molar-refractivity contribution is -0.170. The molecule has 2 aliphatic rings. The van der Waals surface area contributed by atoms with E-state index in [-0.39, 0.29) is 18.7 Å². The third-order valence-electron chi connectivity index (χ3n) is 4.41. The molecule has 1 atom stereocenters. The molecule has 1 aromatic rings. The number of thioether (sulfide) groups is 1. The molecule has 1 N–H and O–H groups in total. The lowest BCUT2D eigenvalue weighted by atomic mass is 9.91. The van der Waals surface area contributed by atoms with Gasteiger partial charge in [0.25, 0.3) is 0 Å². The molecular formula is C17H21F3N2OS. The summed E-state index contributed by atoms with van der Waals surface area (Å²) in [6, 6.07) is 5.29. The molecular weight excluding hydrogens is 337 g/mol. The van der Waals surface area contributed by atoms with Crippen molar-refractivity contribution in [1.29, 1.82) is 0 Å². The number of fused-ring (bicyclic) bond motifs is 1. The first-order chi connectivity index (χ1) is 11.0. The van der Waals surface area contributed by atoms with E-state index in [0.717, 1.165) is 4.90 Å². The summed E-state index contributed by atoms with van der Waals surface area (Å²) in [4.78, 5) is 14.8. The van der Waals surface area contributed by atoms with Crippen LogP contribution >= 0.6 is 11.8 Å². The van der Waals surface area contributed by atoms with E-state index in [9.17, 15) is 18.0 Å². The largest absolute Gasteiger partial charge is 0.409 e. The number of amides is 1. The molecule has 1 aliphatic carbocycles. The Labute approximate surface area is 144 Å². The Bertz CT molecular complexity index is 650. The molecule has 132 valence electrons. The normalized spacial score (nSPS) is 20.5. The second-order valence-electron chi connectivity index (χ2n) is 7.52. The Balaban J connectivity index is 1.96. The summed E-state index contributed by atoms with van der Waals surface area (Å²) in [7, 11) is 0. The van der Waals surface area contributed by atoms with E-state index in [1.165, 1.54) is 16.7 Å². The molecule has 1 aromatic carbocycles. The van der Waals surface area contributed by atoms with Gasteiger partial charge in [-0.25, -0.2) is 0 Å². The molecule has 3 rings (SSSR count). The summed E-state index contributed by atoms with van der Waals surface area (Å²) in [6.45, 7) is 5.35. The highest BCUT2D eigenvalue weighted by Gasteiger charge is 2.67. The fraction of sp³-hybridized carbons (Fsp3) is 0.588. The number of hydrogen-bond donors (Lipinski definition) is 1. The molecule has 0 aromatic heterocycles. The Kier molecular flexibility index (Phi) is 4.06. The highest BCUT2D eigenvalue weighted by Crippen LogP contribution is 2.58. The standard InChI is InChI=1S/C17H21F3N2OS/c1-15(2,3)21-14(23)16(8-9-16)13(17(18,19)20)22-10-24-12-7-5-4-6-11(12)22/h4-7,13H,8-10H2,1-3H3,(H,21,23). The van der Waals surface area contributed by atoms with Crippen LogP contribution in [0.3, 0.4) is 0 Å². The van der Waals surface area contributed by atoms with Crippen LogP contribution in [-0.2, 0) is 4.79 Å². The molecule has 1 fully saturated rings. The van der Waals surface area contributed by atoms with Gasteiger partial charge in [0.2, 0.25) is 5.91 Å². The zero-order valence-electron chi connectivity index (χ0n) is 13.9. The predicted molar refractivity (Wildman–Crippen MR) is 89.1 cm³/mol. The zero-order valence-corrected chi connectivity index (χ0v) is 14.7. The third-order valence-corrected chi connectivity index (χ3v) is 5.47. The average Bonchev–Trinajstić information content (AvgIpc) is 3.12. The van der Waals surface area contributed by atoms with Crippen LogP contribution in [0.2, 0.25) is 0 Å². The molecule has 0 radical (unpaired) electrons. The quantitative estimate of drug-likeness (QED) is 0.880. The number of carbonyl (C=O) groups excluding carboxylic acids is 1. The van der Waals surface area contributed by atoms with E-state index >= 15 is 0 Å². The van der Waals surface area contributed by atoms with E-state index in [2.05, 4.69) is 5.32 Å². The van der Waals surface area contributed by atoms with Crippen molar-refractivity contribution in [2.75, 3.05) is 10.8 Å². The van der Waals surface area contributed by atoms with Crippen LogP contribution in [-0.4, -0.2) is 29.5 Å². The predicted octanol–water partition coefficient (Wildman–Crippen LogP) is 4.18. The molecule has 1 aliphatic heterocycles. The first-order valence-electron chi connectivity index (χ1n) is 7.92. The van der Waals surface area contributed by atoms with Gasteiger partial charge in [0.1, 0.15) is 6.04 Å². The van der Waals surface area contributed by atoms with Crippen molar-refractivity contribution in [3.63, 3.8) is 0 Å². The molecule has 0 saturated heterocycles. The van der Waals surface area contributed by atoms with Gasteiger partial charge in [0.15, 0.2) is 0 Å². The second-order valence-corrected chi connectivity index (χ2v) is 8.50. The smallest absolute Gasteiger partial charge is 0.351 e. The van der Waals surface area contributed by atoms with Gasteiger partial charge < -0.3 is 10.2 Å². The van der Waals surface area contributed by atoms with Crippen molar-refractivity contribution < 1.29 is 18.0 Å². The van der Waals surface area contributed by atoms with Gasteiger partial charge >= 0.3 is 6.18 Å². The molecule has 1 heterocycles. The van der Waals surface area contributed by atoms with Crippen LogP contribution in [0.25, 0.3) is 0 Å². The van der Waals surface area contributed by atoms with Crippen LogP contribution in [0.5, 0.6) is 0 Å². The van der Waals surface area contributed by atoms with E-state index in [0.29, 0.717) is 5.69 Å². The van der Waals surface area contributed by atoms with E-state index in [1.807, 2.05) is 12.1 Å². The van der Waals surface area contributed by atoms with E-state index in [1.54, 1.807) is 32.9 Å². The van der Waals surface area contributed by atoms with Crippen molar-refractivity contribution >= 4 is 23.4 Å². The highest BCUT2D eigenvalue weighted by molar-refractivity contribution is 7.99. The molecule has 0 spiro atoms. The van der Waals surface area contributed by atoms with Crippen molar-refractivity contribution in [2.45, 2.75) is 56.3 Å². The number of anilines is 1. The molecule has 0 bridgehead atoms. The van der Waals surface area contributed by atoms with Gasteiger partial charge in [-0.05, 0) is 45.7 Å². The molecule has 1 amide bonds. The third kappa shape index (κ3) is 3.10. The summed E-state index contributed by atoms with van der Waals surface area (Å²) in [5.41, 5.74) is -1.37. The van der Waals surface area contributed by atoms with Crippen LogP contribution in [0, 0.1) is 5.41 Å². The summed E-state index contributed by atoms with van der Waals surface area (Å²) in [5.74, 6) is -0.277. The molecule has 24 heavy (non-hydrogen) atoms. The Morgan fingerprint density at radius 1 is 1.25 bits per heavy atom. The Morgan fingerprint density at radius 2 is 1.88 bits per heavy atom. The number of alkyl halides is 3. The van der Waals surface area contributed by atoms with Crippen LogP contribution < -0.4 is 10.2 Å². The van der Waals surface area contributed by atoms with Gasteiger partial charge in [0.05, 0.1) is 17.0 Å². The maximum Gasteiger partial charge on any atom is 0.409 e. The number of rotatable bonds is 3. The summed E-state index contributed by atoms with van der Waals surface area (Å²) >= 11 is 1.38. The topological polar surface area (TPSA) is 32.3 Å². The van der Waals surface area contributed by atoms with Gasteiger partial charge in [-0.3, -0.25) is 4.79 Å². The second kappa shape index (κ2) is 5.58. The van der Waals surface area contributed by atoms with Gasteiger partial charge in [-0.15, -0.1) is 11.8 Å². The van der Waals surface area contributed by atoms with Gasteiger partial charge in [-0.1, -0.05) is 12.1 Å². The minimum atomic E-state index is -4.47. The zero-order chi connectivity index (χ0) is 17.8. The maximum absolute atomic E-state index is 14.0. The minimum absolute atomic E-state index is 0.216. The van der Waals surface area contributed by atoms with Crippen molar-refractivity contribution in [3.8, 4) is 0 Å². The van der Waals surface area contributed by atoms with Gasteiger partial charge in [-0.2, -0.15) is 13.2 Å². The minimum Gasteiger partial charge on any atom is -0.351 e. The fourth-order valence-electron chi connectivity index (χ4n) is 3.25. The summed E-state index contributed by atoms with van der Waals surface area (Å²) < 4.78 is 41.9. The number of hydrogen-bond acceptors (Lipinski definition) is 3. The van der Waals surface area contributed by atoms with E-state index < -0.39 is 29.1 Å².